The molecule has 8 heteroatoms. The Morgan fingerprint density at radius 1 is 1.33 bits per heavy atom. The summed E-state index contributed by atoms with van der Waals surface area (Å²) in [5.41, 5.74) is 0.274. The number of para-hydroxylation sites is 1. The highest BCUT2D eigenvalue weighted by atomic mass is 35.5. The van der Waals surface area contributed by atoms with Crippen molar-refractivity contribution in [2.75, 3.05) is 11.9 Å². The number of carbonyl (C=O) groups excluding carboxylic acids is 2. The Kier molecular flexibility index (Phi) is 4.54. The normalized spacial score (nSPS) is 14.6. The molecule has 0 bridgehead atoms. The van der Waals surface area contributed by atoms with Crippen LogP contribution in [0.4, 0.5) is 5.69 Å². The van der Waals surface area contributed by atoms with Crippen molar-refractivity contribution in [1.29, 1.82) is 0 Å². The van der Waals surface area contributed by atoms with Crippen molar-refractivity contribution >= 4 is 40.8 Å². The van der Waals surface area contributed by atoms with Crippen molar-refractivity contribution in [2.24, 2.45) is 5.10 Å². The Bertz CT molecular complexity index is 630. The molecule has 1 aromatic rings. The molecule has 0 spiro atoms. The number of nitrogens with zero attached hydrogens (tertiary/aromatic N) is 2. The first-order chi connectivity index (χ1) is 9.97. The fourth-order valence-electron chi connectivity index (χ4n) is 1.77. The van der Waals surface area contributed by atoms with Crippen LogP contribution in [0.15, 0.2) is 29.4 Å². The summed E-state index contributed by atoms with van der Waals surface area (Å²) in [6, 6.07) is 6.65. The van der Waals surface area contributed by atoms with E-state index in [1.54, 1.807) is 24.3 Å². The Hall–Kier alpha value is -2.41. The lowest BCUT2D eigenvalue weighted by atomic mass is 10.2. The molecule has 0 aromatic heterocycles. The molecule has 1 heterocycles. The highest BCUT2D eigenvalue weighted by Crippen LogP contribution is 2.20. The topological polar surface area (TPSA) is 99.1 Å². The van der Waals surface area contributed by atoms with Crippen molar-refractivity contribution in [3.05, 3.63) is 29.3 Å². The zero-order chi connectivity index (χ0) is 15.4. The summed E-state index contributed by atoms with van der Waals surface area (Å²) >= 11 is 5.90. The third kappa shape index (κ3) is 3.79. The number of carbonyl (C=O) groups is 3. The molecule has 0 aliphatic carbocycles. The summed E-state index contributed by atoms with van der Waals surface area (Å²) in [6.45, 7) is -0.360. The zero-order valence-corrected chi connectivity index (χ0v) is 11.6. The Balaban J connectivity index is 2.05. The number of hydrogen-bond donors (Lipinski definition) is 2. The number of amides is 2. The van der Waals surface area contributed by atoms with Crippen LogP contribution in [0, 0.1) is 0 Å². The molecule has 2 amide bonds. The van der Waals surface area contributed by atoms with E-state index in [0.717, 1.165) is 5.01 Å². The second-order valence-corrected chi connectivity index (χ2v) is 4.74. The van der Waals surface area contributed by atoms with Gasteiger partial charge < -0.3 is 10.4 Å². The van der Waals surface area contributed by atoms with Gasteiger partial charge in [0.05, 0.1) is 10.7 Å². The van der Waals surface area contributed by atoms with E-state index in [1.807, 2.05) is 0 Å². The fourth-order valence-corrected chi connectivity index (χ4v) is 1.95. The quantitative estimate of drug-likeness (QED) is 0.876. The molecule has 2 rings (SSSR count). The fraction of sp³-hybridized carbons (Fsp3) is 0.231. The largest absolute Gasteiger partial charge is 0.477 e. The number of aliphatic carboxylic acids is 1. The molecular formula is C13H12ClN3O4. The average Bonchev–Trinajstić information content (AvgIpc) is 2.43. The number of hydrogen-bond acceptors (Lipinski definition) is 4. The van der Waals surface area contributed by atoms with E-state index in [-0.39, 0.29) is 25.1 Å². The predicted octanol–water partition coefficient (Wildman–Crippen LogP) is 1.34. The average molecular weight is 310 g/mol. The number of carboxylic acids is 1. The van der Waals surface area contributed by atoms with Gasteiger partial charge in [0, 0.05) is 12.8 Å². The number of halogens is 1. The van der Waals surface area contributed by atoms with E-state index in [4.69, 9.17) is 16.7 Å². The maximum atomic E-state index is 11.9. The lowest BCUT2D eigenvalue weighted by molar-refractivity contribution is -0.136. The molecule has 0 saturated carbocycles. The van der Waals surface area contributed by atoms with Crippen LogP contribution in [0.25, 0.3) is 0 Å². The van der Waals surface area contributed by atoms with E-state index >= 15 is 0 Å². The van der Waals surface area contributed by atoms with Gasteiger partial charge in [-0.15, -0.1) is 0 Å². The standard InChI is InChI=1S/C13H12ClN3O4/c14-8-3-1-2-4-9(8)15-11(18)7-17-12(19)6-5-10(16-17)13(20)21/h1-4H,5-7H2,(H,15,18)(H,20,21). The van der Waals surface area contributed by atoms with Gasteiger partial charge in [-0.3, -0.25) is 9.59 Å². The van der Waals surface area contributed by atoms with Crippen LogP contribution < -0.4 is 5.32 Å². The Morgan fingerprint density at radius 2 is 2.05 bits per heavy atom. The lowest BCUT2D eigenvalue weighted by Gasteiger charge is -2.21. The Labute approximate surface area is 125 Å². The number of anilines is 1. The number of rotatable bonds is 4. The number of hydrazone groups is 1. The predicted molar refractivity (Wildman–Crippen MR) is 76.1 cm³/mol. The van der Waals surface area contributed by atoms with Crippen molar-refractivity contribution in [1.82, 2.24) is 5.01 Å². The maximum Gasteiger partial charge on any atom is 0.352 e. The molecule has 1 aromatic carbocycles. The van der Waals surface area contributed by atoms with E-state index in [1.165, 1.54) is 0 Å². The number of benzene rings is 1. The van der Waals surface area contributed by atoms with Gasteiger partial charge >= 0.3 is 5.97 Å². The highest BCUT2D eigenvalue weighted by Gasteiger charge is 2.25. The Morgan fingerprint density at radius 3 is 2.71 bits per heavy atom. The third-order valence-corrected chi connectivity index (χ3v) is 3.12. The summed E-state index contributed by atoms with van der Waals surface area (Å²) < 4.78 is 0. The van der Waals surface area contributed by atoms with Gasteiger partial charge in [-0.2, -0.15) is 5.10 Å². The van der Waals surface area contributed by atoms with Gasteiger partial charge in [0.25, 0.3) is 0 Å². The molecule has 1 aliphatic rings. The minimum absolute atomic E-state index is 0.0184. The maximum absolute atomic E-state index is 11.9. The third-order valence-electron chi connectivity index (χ3n) is 2.79. The minimum Gasteiger partial charge on any atom is -0.477 e. The molecule has 0 radical (unpaired) electrons. The van der Waals surface area contributed by atoms with Crippen LogP contribution in [0.2, 0.25) is 5.02 Å². The van der Waals surface area contributed by atoms with E-state index < -0.39 is 17.8 Å². The summed E-state index contributed by atoms with van der Waals surface area (Å²) in [5.74, 6) is -2.10. The summed E-state index contributed by atoms with van der Waals surface area (Å²) in [7, 11) is 0. The van der Waals surface area contributed by atoms with Gasteiger partial charge in [0.15, 0.2) is 0 Å². The smallest absolute Gasteiger partial charge is 0.352 e. The molecule has 110 valence electrons. The summed E-state index contributed by atoms with van der Waals surface area (Å²) in [4.78, 5) is 34.4. The minimum atomic E-state index is -1.20. The first-order valence-corrected chi connectivity index (χ1v) is 6.50. The molecule has 7 nitrogen and oxygen atoms in total. The molecule has 2 N–H and O–H groups in total. The first-order valence-electron chi connectivity index (χ1n) is 6.13. The van der Waals surface area contributed by atoms with Crippen LogP contribution in [-0.2, 0) is 14.4 Å². The van der Waals surface area contributed by atoms with Crippen LogP contribution in [0.5, 0.6) is 0 Å². The lowest BCUT2D eigenvalue weighted by Crippen LogP contribution is -2.39. The van der Waals surface area contributed by atoms with Crippen molar-refractivity contribution in [3.63, 3.8) is 0 Å². The van der Waals surface area contributed by atoms with Gasteiger partial charge in [0.2, 0.25) is 11.8 Å². The van der Waals surface area contributed by atoms with Crippen molar-refractivity contribution in [2.45, 2.75) is 12.8 Å². The van der Waals surface area contributed by atoms with Crippen LogP contribution in [0.3, 0.4) is 0 Å². The van der Waals surface area contributed by atoms with Crippen molar-refractivity contribution < 1.29 is 19.5 Å². The van der Waals surface area contributed by atoms with Gasteiger partial charge in [-0.1, -0.05) is 23.7 Å². The molecule has 0 saturated heterocycles. The zero-order valence-electron chi connectivity index (χ0n) is 10.9. The molecule has 1 aliphatic heterocycles. The SMILES string of the molecule is O=C(CN1N=C(C(=O)O)CCC1=O)Nc1ccccc1Cl. The van der Waals surface area contributed by atoms with Gasteiger partial charge in [0.1, 0.15) is 12.3 Å². The van der Waals surface area contributed by atoms with Gasteiger partial charge in [-0.05, 0) is 12.1 Å². The van der Waals surface area contributed by atoms with Crippen LogP contribution >= 0.6 is 11.6 Å². The molecule has 0 atom stereocenters. The van der Waals surface area contributed by atoms with E-state index in [2.05, 4.69) is 10.4 Å². The van der Waals surface area contributed by atoms with E-state index in [0.29, 0.717) is 10.7 Å². The molecule has 0 fully saturated rings. The molecule has 0 unspecified atom stereocenters. The van der Waals surface area contributed by atoms with E-state index in [9.17, 15) is 14.4 Å². The first kappa shape index (κ1) is 15.0. The summed E-state index contributed by atoms with van der Waals surface area (Å²) in [5, 5.41) is 16.3. The second-order valence-electron chi connectivity index (χ2n) is 4.33. The van der Waals surface area contributed by atoms with Crippen molar-refractivity contribution in [3.8, 4) is 0 Å². The van der Waals surface area contributed by atoms with Crippen LogP contribution in [0.1, 0.15) is 12.8 Å². The highest BCUT2D eigenvalue weighted by molar-refractivity contribution is 6.36. The number of nitrogens with one attached hydrogen (secondary N) is 1. The number of carboxylic acid groups (broad SMARTS) is 1. The monoisotopic (exact) mass is 309 g/mol. The molecule has 21 heavy (non-hydrogen) atoms. The molecular weight excluding hydrogens is 298 g/mol. The second kappa shape index (κ2) is 6.36. The van der Waals surface area contributed by atoms with Crippen LogP contribution in [-0.4, -0.2) is 40.2 Å². The van der Waals surface area contributed by atoms with Gasteiger partial charge in [-0.25, -0.2) is 9.80 Å². The summed E-state index contributed by atoms with van der Waals surface area (Å²) in [6.07, 6.45) is 0.0846.